The summed E-state index contributed by atoms with van der Waals surface area (Å²) in [7, 11) is 0. The Hall–Kier alpha value is -2.11. The largest absolute Gasteiger partial charge is 0.619 e. The molecule has 1 aliphatic rings. The lowest BCUT2D eigenvalue weighted by Gasteiger charge is -2.19. The fourth-order valence-corrected chi connectivity index (χ4v) is 2.17. The highest BCUT2D eigenvalue weighted by atomic mass is 16.5. The Morgan fingerprint density at radius 3 is 2.35 bits per heavy atom. The molecule has 2 heterocycles. The van der Waals surface area contributed by atoms with Gasteiger partial charge < -0.3 is 14.8 Å². The number of hydrogen-bond acceptors (Lipinski definition) is 4. The molecule has 1 aromatic rings. The van der Waals surface area contributed by atoms with E-state index in [1.54, 1.807) is 4.90 Å². The number of aromatic nitrogens is 1. The summed E-state index contributed by atoms with van der Waals surface area (Å²) < 4.78 is 5.56. The Morgan fingerprint density at radius 1 is 1.15 bits per heavy atom. The summed E-state index contributed by atoms with van der Waals surface area (Å²) in [4.78, 5) is 25.4. The third-order valence-corrected chi connectivity index (χ3v) is 3.32. The first kappa shape index (κ1) is 14.3. The van der Waals surface area contributed by atoms with Crippen LogP contribution in [0.15, 0.2) is 24.5 Å². The van der Waals surface area contributed by atoms with E-state index in [-0.39, 0.29) is 18.1 Å². The average molecular weight is 278 g/mol. The number of esters is 1. The molecule has 0 radical (unpaired) electrons. The maximum Gasteiger partial charge on any atom is 0.339 e. The van der Waals surface area contributed by atoms with E-state index in [9.17, 15) is 14.8 Å². The maximum absolute atomic E-state index is 11.9. The van der Waals surface area contributed by atoms with Gasteiger partial charge in [-0.3, -0.25) is 4.79 Å². The van der Waals surface area contributed by atoms with Crippen LogP contribution in [0, 0.1) is 5.21 Å². The Kier molecular flexibility index (Phi) is 4.92. The zero-order valence-electron chi connectivity index (χ0n) is 11.3. The molecule has 1 aliphatic heterocycles. The molecule has 1 fully saturated rings. The van der Waals surface area contributed by atoms with Crippen LogP contribution >= 0.6 is 0 Å². The van der Waals surface area contributed by atoms with Gasteiger partial charge in [0.05, 0.1) is 5.56 Å². The van der Waals surface area contributed by atoms with Crippen molar-refractivity contribution in [3.63, 3.8) is 0 Å². The second kappa shape index (κ2) is 6.88. The number of rotatable bonds is 3. The number of amides is 1. The first-order valence-corrected chi connectivity index (χ1v) is 6.80. The standard InChI is InChI=1S/C14H18N2O4/c17-13(15-7-3-1-2-4-8-15)11-20-14(18)12-5-9-16(19)10-6-12/h5-6,9-10H,1-4,7-8,11H2. The van der Waals surface area contributed by atoms with E-state index in [1.165, 1.54) is 24.5 Å². The second-order valence-corrected chi connectivity index (χ2v) is 4.82. The highest BCUT2D eigenvalue weighted by Crippen LogP contribution is 2.10. The molecule has 108 valence electrons. The first-order valence-electron chi connectivity index (χ1n) is 6.80. The number of ether oxygens (including phenoxy) is 1. The molecule has 0 aliphatic carbocycles. The number of nitrogens with zero attached hydrogens (tertiary/aromatic N) is 2. The average Bonchev–Trinajstić information content (AvgIpc) is 2.74. The number of likely N-dealkylation sites (tertiary alicyclic amines) is 1. The lowest BCUT2D eigenvalue weighted by molar-refractivity contribution is -0.605. The second-order valence-electron chi connectivity index (χ2n) is 4.82. The molecule has 20 heavy (non-hydrogen) atoms. The Bertz CT molecular complexity index is 465. The van der Waals surface area contributed by atoms with Crippen molar-refractivity contribution in [3.05, 3.63) is 35.3 Å². The topological polar surface area (TPSA) is 73.6 Å². The van der Waals surface area contributed by atoms with Crippen molar-refractivity contribution in [1.29, 1.82) is 0 Å². The Morgan fingerprint density at radius 2 is 1.75 bits per heavy atom. The van der Waals surface area contributed by atoms with Crippen molar-refractivity contribution in [2.24, 2.45) is 0 Å². The van der Waals surface area contributed by atoms with Crippen LogP contribution < -0.4 is 4.73 Å². The van der Waals surface area contributed by atoms with Gasteiger partial charge in [0.25, 0.3) is 5.91 Å². The highest BCUT2D eigenvalue weighted by Gasteiger charge is 2.17. The van der Waals surface area contributed by atoms with Gasteiger partial charge in [0.15, 0.2) is 19.0 Å². The third-order valence-electron chi connectivity index (χ3n) is 3.32. The van der Waals surface area contributed by atoms with Gasteiger partial charge >= 0.3 is 5.97 Å². The van der Waals surface area contributed by atoms with E-state index in [0.717, 1.165) is 38.8 Å². The molecule has 0 aromatic carbocycles. The van der Waals surface area contributed by atoms with Crippen molar-refractivity contribution in [1.82, 2.24) is 4.90 Å². The molecule has 0 bridgehead atoms. The van der Waals surface area contributed by atoms with E-state index < -0.39 is 5.97 Å². The predicted octanol–water partition coefficient (Wildman–Crippen LogP) is 0.879. The molecular formula is C14H18N2O4. The molecule has 1 aromatic heterocycles. The molecule has 6 nitrogen and oxygen atoms in total. The van der Waals surface area contributed by atoms with Gasteiger partial charge in [0.1, 0.15) is 0 Å². The Balaban J connectivity index is 1.83. The molecule has 0 spiro atoms. The molecule has 1 saturated heterocycles. The van der Waals surface area contributed by atoms with Gasteiger partial charge in [-0.1, -0.05) is 12.8 Å². The van der Waals surface area contributed by atoms with Gasteiger partial charge in [-0.2, -0.15) is 4.73 Å². The van der Waals surface area contributed by atoms with Crippen LogP contribution in [0.5, 0.6) is 0 Å². The molecule has 1 amide bonds. The van der Waals surface area contributed by atoms with E-state index in [1.807, 2.05) is 0 Å². The quantitative estimate of drug-likeness (QED) is 0.467. The predicted molar refractivity (Wildman–Crippen MR) is 70.7 cm³/mol. The maximum atomic E-state index is 11.9. The summed E-state index contributed by atoms with van der Waals surface area (Å²) in [6.07, 6.45) is 6.72. The number of hydrogen-bond donors (Lipinski definition) is 0. The molecule has 0 saturated carbocycles. The smallest absolute Gasteiger partial charge is 0.339 e. The highest BCUT2D eigenvalue weighted by molar-refractivity contribution is 5.91. The lowest BCUT2D eigenvalue weighted by atomic mass is 10.2. The lowest BCUT2D eigenvalue weighted by Crippen LogP contribution is -2.35. The van der Waals surface area contributed by atoms with Crippen LogP contribution in [0.25, 0.3) is 0 Å². The summed E-state index contributed by atoms with van der Waals surface area (Å²) in [5, 5.41) is 10.9. The molecular weight excluding hydrogens is 260 g/mol. The third kappa shape index (κ3) is 3.94. The van der Waals surface area contributed by atoms with E-state index in [0.29, 0.717) is 4.73 Å². The van der Waals surface area contributed by atoms with Gasteiger partial charge in [-0.15, -0.1) is 0 Å². The van der Waals surface area contributed by atoms with Gasteiger partial charge in [0.2, 0.25) is 0 Å². The monoisotopic (exact) mass is 278 g/mol. The van der Waals surface area contributed by atoms with Crippen molar-refractivity contribution < 1.29 is 19.1 Å². The minimum absolute atomic E-state index is 0.157. The normalized spacial score (nSPS) is 15.5. The van der Waals surface area contributed by atoms with Gasteiger partial charge in [0, 0.05) is 25.2 Å². The summed E-state index contributed by atoms with van der Waals surface area (Å²) in [6, 6.07) is 2.73. The summed E-state index contributed by atoms with van der Waals surface area (Å²) >= 11 is 0. The number of carbonyl (C=O) groups excluding carboxylic acids is 2. The van der Waals surface area contributed by atoms with Crippen molar-refractivity contribution >= 4 is 11.9 Å². The molecule has 6 heteroatoms. The van der Waals surface area contributed by atoms with Gasteiger partial charge in [-0.05, 0) is 12.8 Å². The number of carbonyl (C=O) groups is 2. The van der Waals surface area contributed by atoms with Crippen molar-refractivity contribution in [2.75, 3.05) is 19.7 Å². The minimum atomic E-state index is -0.589. The SMILES string of the molecule is O=C(OCC(=O)N1CCCCCC1)c1cc[n+]([O-])cc1. The number of pyridine rings is 1. The van der Waals surface area contributed by atoms with Crippen LogP contribution in [0.3, 0.4) is 0 Å². The zero-order chi connectivity index (χ0) is 14.4. The summed E-state index contributed by atoms with van der Waals surface area (Å²) in [5.74, 6) is -0.746. The van der Waals surface area contributed by atoms with Crippen LogP contribution in [0.4, 0.5) is 0 Å². The fourth-order valence-electron chi connectivity index (χ4n) is 2.17. The molecule has 2 rings (SSSR count). The van der Waals surface area contributed by atoms with E-state index >= 15 is 0 Å². The Labute approximate surface area is 117 Å². The van der Waals surface area contributed by atoms with Crippen molar-refractivity contribution in [3.8, 4) is 0 Å². The van der Waals surface area contributed by atoms with Crippen LogP contribution in [-0.2, 0) is 9.53 Å². The molecule has 0 N–H and O–H groups in total. The molecule has 0 atom stereocenters. The summed E-state index contributed by atoms with van der Waals surface area (Å²) in [5.41, 5.74) is 0.265. The van der Waals surface area contributed by atoms with Crippen molar-refractivity contribution in [2.45, 2.75) is 25.7 Å². The van der Waals surface area contributed by atoms with E-state index in [2.05, 4.69) is 0 Å². The fraction of sp³-hybridized carbons (Fsp3) is 0.500. The van der Waals surface area contributed by atoms with Crippen LogP contribution in [0.1, 0.15) is 36.0 Å². The van der Waals surface area contributed by atoms with Crippen LogP contribution in [-0.4, -0.2) is 36.5 Å². The van der Waals surface area contributed by atoms with Gasteiger partial charge in [-0.25, -0.2) is 4.79 Å². The summed E-state index contributed by atoms with van der Waals surface area (Å²) in [6.45, 7) is 1.22. The van der Waals surface area contributed by atoms with E-state index in [4.69, 9.17) is 4.74 Å². The molecule has 0 unspecified atom stereocenters. The first-order chi connectivity index (χ1) is 9.66. The minimum Gasteiger partial charge on any atom is -0.619 e. The zero-order valence-corrected chi connectivity index (χ0v) is 11.3. The van der Waals surface area contributed by atoms with Crippen LogP contribution in [0.2, 0.25) is 0 Å².